The van der Waals surface area contributed by atoms with E-state index in [-0.39, 0.29) is 24.3 Å². The Morgan fingerprint density at radius 1 is 1.53 bits per heavy atom. The number of hydrogen-bond acceptors (Lipinski definition) is 2. The molecule has 5 heteroatoms. The Balaban J connectivity index is 2.85. The van der Waals surface area contributed by atoms with Crippen LogP contribution in [0, 0.1) is 5.82 Å². The standard InChI is InChI=1S/C12H16BrFN2O/c1-8(2)16(7-12(15)17)6-9-5-10(14)3-4-11(9)13/h3-5,8H,6-7H2,1-2H3,(H2,15,17). The Labute approximate surface area is 109 Å². The zero-order valence-corrected chi connectivity index (χ0v) is 11.5. The van der Waals surface area contributed by atoms with Crippen LogP contribution in [0.4, 0.5) is 4.39 Å². The molecule has 0 saturated carbocycles. The zero-order chi connectivity index (χ0) is 13.0. The summed E-state index contributed by atoms with van der Waals surface area (Å²) >= 11 is 3.36. The highest BCUT2D eigenvalue weighted by atomic mass is 79.9. The summed E-state index contributed by atoms with van der Waals surface area (Å²) in [5, 5.41) is 0. The fraction of sp³-hybridized carbons (Fsp3) is 0.417. The van der Waals surface area contributed by atoms with Crippen LogP contribution in [-0.4, -0.2) is 23.4 Å². The van der Waals surface area contributed by atoms with Crippen LogP contribution in [-0.2, 0) is 11.3 Å². The second-order valence-corrected chi connectivity index (χ2v) is 5.06. The van der Waals surface area contributed by atoms with Gasteiger partial charge in [0, 0.05) is 17.1 Å². The van der Waals surface area contributed by atoms with Crippen molar-refractivity contribution in [2.75, 3.05) is 6.54 Å². The molecule has 0 radical (unpaired) electrons. The third-order valence-corrected chi connectivity index (χ3v) is 3.24. The Morgan fingerprint density at radius 3 is 2.71 bits per heavy atom. The molecule has 0 fully saturated rings. The molecule has 0 aliphatic carbocycles. The molecule has 0 aromatic heterocycles. The fourth-order valence-electron chi connectivity index (χ4n) is 1.50. The summed E-state index contributed by atoms with van der Waals surface area (Å²) in [6, 6.07) is 4.67. The summed E-state index contributed by atoms with van der Waals surface area (Å²) in [4.78, 5) is 12.8. The number of rotatable bonds is 5. The molecule has 2 N–H and O–H groups in total. The van der Waals surface area contributed by atoms with Crippen LogP contribution in [0.25, 0.3) is 0 Å². The van der Waals surface area contributed by atoms with Crippen molar-refractivity contribution in [1.29, 1.82) is 0 Å². The van der Waals surface area contributed by atoms with Gasteiger partial charge in [-0.25, -0.2) is 4.39 Å². The average Bonchev–Trinajstić information content (AvgIpc) is 2.21. The van der Waals surface area contributed by atoms with Crippen molar-refractivity contribution in [1.82, 2.24) is 4.90 Å². The summed E-state index contributed by atoms with van der Waals surface area (Å²) in [5.74, 6) is -0.669. The molecular formula is C12H16BrFN2O. The maximum Gasteiger partial charge on any atom is 0.231 e. The first-order valence-corrected chi connectivity index (χ1v) is 6.15. The van der Waals surface area contributed by atoms with E-state index < -0.39 is 0 Å². The Bertz CT molecular complexity index is 409. The number of nitrogens with two attached hydrogens (primary N) is 1. The predicted octanol–water partition coefficient (Wildman–Crippen LogP) is 2.28. The average molecular weight is 303 g/mol. The van der Waals surface area contributed by atoms with E-state index in [1.165, 1.54) is 12.1 Å². The molecule has 17 heavy (non-hydrogen) atoms. The second-order valence-electron chi connectivity index (χ2n) is 4.20. The van der Waals surface area contributed by atoms with Crippen LogP contribution in [0.3, 0.4) is 0 Å². The first-order valence-electron chi connectivity index (χ1n) is 5.36. The SMILES string of the molecule is CC(C)N(CC(N)=O)Cc1cc(F)ccc1Br. The molecule has 1 aromatic carbocycles. The third kappa shape index (κ3) is 4.44. The van der Waals surface area contributed by atoms with Crippen LogP contribution < -0.4 is 5.73 Å². The molecule has 0 aliphatic heterocycles. The minimum atomic E-state index is -0.383. The van der Waals surface area contributed by atoms with E-state index in [9.17, 15) is 9.18 Å². The molecule has 0 heterocycles. The van der Waals surface area contributed by atoms with E-state index >= 15 is 0 Å². The number of amides is 1. The summed E-state index contributed by atoms with van der Waals surface area (Å²) in [6.07, 6.45) is 0. The lowest BCUT2D eigenvalue weighted by molar-refractivity contribution is -0.119. The van der Waals surface area contributed by atoms with E-state index in [1.807, 2.05) is 18.7 Å². The molecule has 1 aromatic rings. The second kappa shape index (κ2) is 6.12. The molecule has 0 atom stereocenters. The van der Waals surface area contributed by atoms with Crippen molar-refractivity contribution in [3.05, 3.63) is 34.1 Å². The summed E-state index contributed by atoms with van der Waals surface area (Å²) < 4.78 is 14.0. The zero-order valence-electron chi connectivity index (χ0n) is 9.91. The Kier molecular flexibility index (Phi) is 5.08. The molecule has 94 valence electrons. The van der Waals surface area contributed by atoms with Gasteiger partial charge < -0.3 is 5.73 Å². The lowest BCUT2D eigenvalue weighted by Crippen LogP contribution is -2.38. The largest absolute Gasteiger partial charge is 0.369 e. The van der Waals surface area contributed by atoms with Gasteiger partial charge >= 0.3 is 0 Å². The number of benzene rings is 1. The maximum atomic E-state index is 13.1. The van der Waals surface area contributed by atoms with Gasteiger partial charge in [-0.1, -0.05) is 15.9 Å². The van der Waals surface area contributed by atoms with Crippen molar-refractivity contribution in [3.63, 3.8) is 0 Å². The highest BCUT2D eigenvalue weighted by molar-refractivity contribution is 9.10. The van der Waals surface area contributed by atoms with Gasteiger partial charge in [0.15, 0.2) is 0 Å². The molecular weight excluding hydrogens is 287 g/mol. The summed E-state index contributed by atoms with van der Waals surface area (Å²) in [6.45, 7) is 4.59. The van der Waals surface area contributed by atoms with Crippen LogP contribution in [0.15, 0.2) is 22.7 Å². The number of carbonyl (C=O) groups excluding carboxylic acids is 1. The van der Waals surface area contributed by atoms with E-state index in [0.717, 1.165) is 10.0 Å². The molecule has 1 rings (SSSR count). The first kappa shape index (κ1) is 14.1. The number of hydrogen-bond donors (Lipinski definition) is 1. The minimum absolute atomic E-state index is 0.165. The Hall–Kier alpha value is -0.940. The molecule has 0 saturated heterocycles. The van der Waals surface area contributed by atoms with Crippen molar-refractivity contribution in [2.24, 2.45) is 5.73 Å². The van der Waals surface area contributed by atoms with Crippen LogP contribution in [0.2, 0.25) is 0 Å². The number of carbonyl (C=O) groups is 1. The fourth-order valence-corrected chi connectivity index (χ4v) is 1.88. The molecule has 0 unspecified atom stereocenters. The monoisotopic (exact) mass is 302 g/mol. The summed E-state index contributed by atoms with van der Waals surface area (Å²) in [5.41, 5.74) is 5.99. The lowest BCUT2D eigenvalue weighted by atomic mass is 10.2. The van der Waals surface area contributed by atoms with Gasteiger partial charge in [0.05, 0.1) is 6.54 Å². The first-order chi connectivity index (χ1) is 7.90. The van der Waals surface area contributed by atoms with Crippen LogP contribution in [0.1, 0.15) is 19.4 Å². The van der Waals surface area contributed by atoms with Crippen molar-refractivity contribution < 1.29 is 9.18 Å². The van der Waals surface area contributed by atoms with Gasteiger partial charge in [-0.15, -0.1) is 0 Å². The quantitative estimate of drug-likeness (QED) is 0.907. The molecule has 1 amide bonds. The number of primary amides is 1. The lowest BCUT2D eigenvalue weighted by Gasteiger charge is -2.25. The number of halogens is 2. The van der Waals surface area contributed by atoms with Gasteiger partial charge in [-0.05, 0) is 37.6 Å². The minimum Gasteiger partial charge on any atom is -0.369 e. The van der Waals surface area contributed by atoms with Gasteiger partial charge in [0.1, 0.15) is 5.82 Å². The normalized spacial score (nSPS) is 11.2. The van der Waals surface area contributed by atoms with Gasteiger partial charge in [0.2, 0.25) is 5.91 Å². The third-order valence-electron chi connectivity index (χ3n) is 2.47. The molecule has 0 aliphatic rings. The molecule has 0 spiro atoms. The highest BCUT2D eigenvalue weighted by Gasteiger charge is 2.14. The highest BCUT2D eigenvalue weighted by Crippen LogP contribution is 2.20. The van der Waals surface area contributed by atoms with Crippen LogP contribution >= 0.6 is 15.9 Å². The van der Waals surface area contributed by atoms with Crippen molar-refractivity contribution >= 4 is 21.8 Å². The molecule has 0 bridgehead atoms. The molecule has 3 nitrogen and oxygen atoms in total. The topological polar surface area (TPSA) is 46.3 Å². The van der Waals surface area contributed by atoms with E-state index in [4.69, 9.17) is 5.73 Å². The van der Waals surface area contributed by atoms with E-state index in [1.54, 1.807) is 6.07 Å². The summed E-state index contributed by atoms with van der Waals surface area (Å²) in [7, 11) is 0. The van der Waals surface area contributed by atoms with E-state index in [2.05, 4.69) is 15.9 Å². The van der Waals surface area contributed by atoms with Gasteiger partial charge in [-0.2, -0.15) is 0 Å². The van der Waals surface area contributed by atoms with Crippen LogP contribution in [0.5, 0.6) is 0 Å². The van der Waals surface area contributed by atoms with Gasteiger partial charge in [0.25, 0.3) is 0 Å². The number of nitrogens with zero attached hydrogens (tertiary/aromatic N) is 1. The smallest absolute Gasteiger partial charge is 0.231 e. The maximum absolute atomic E-state index is 13.1. The van der Waals surface area contributed by atoms with E-state index in [0.29, 0.717) is 6.54 Å². The van der Waals surface area contributed by atoms with Gasteiger partial charge in [-0.3, -0.25) is 9.69 Å². The Morgan fingerprint density at radius 2 is 2.18 bits per heavy atom. The van der Waals surface area contributed by atoms with Crippen molar-refractivity contribution in [2.45, 2.75) is 26.4 Å². The van der Waals surface area contributed by atoms with Crippen molar-refractivity contribution in [3.8, 4) is 0 Å². The predicted molar refractivity (Wildman–Crippen MR) is 68.8 cm³/mol.